The molecule has 0 aliphatic carbocycles. The monoisotopic (exact) mass is 228 g/mol. The maximum absolute atomic E-state index is 6.10. The summed E-state index contributed by atoms with van der Waals surface area (Å²) < 4.78 is 0. The summed E-state index contributed by atoms with van der Waals surface area (Å²) in [4.78, 5) is 2.57. The molecule has 2 heteroatoms. The van der Waals surface area contributed by atoms with E-state index < -0.39 is 0 Å². The Hall–Kier alpha value is -0.0800. The van der Waals surface area contributed by atoms with Crippen LogP contribution in [-0.2, 0) is 0 Å². The van der Waals surface area contributed by atoms with Crippen molar-refractivity contribution in [1.82, 2.24) is 4.90 Å². The third-order valence-electron chi connectivity index (χ3n) is 2.88. The van der Waals surface area contributed by atoms with Crippen molar-refractivity contribution in [1.29, 1.82) is 0 Å². The van der Waals surface area contributed by atoms with Gasteiger partial charge in [0.15, 0.2) is 0 Å². The van der Waals surface area contributed by atoms with Crippen molar-refractivity contribution >= 4 is 0 Å². The number of hydrogen-bond acceptors (Lipinski definition) is 2. The first-order valence-corrected chi connectivity index (χ1v) is 6.80. The highest BCUT2D eigenvalue weighted by Crippen LogP contribution is 2.08. The Morgan fingerprint density at radius 3 is 1.62 bits per heavy atom. The van der Waals surface area contributed by atoms with Crippen LogP contribution in [0.1, 0.15) is 48.0 Å². The van der Waals surface area contributed by atoms with Crippen LogP contribution in [0.4, 0.5) is 0 Å². The Morgan fingerprint density at radius 2 is 1.31 bits per heavy atom. The Morgan fingerprint density at radius 1 is 0.875 bits per heavy atom. The Kier molecular flexibility index (Phi) is 8.04. The van der Waals surface area contributed by atoms with Crippen molar-refractivity contribution < 1.29 is 0 Å². The van der Waals surface area contributed by atoms with Gasteiger partial charge in [-0.15, -0.1) is 0 Å². The average Bonchev–Trinajstić information content (AvgIpc) is 2.11. The lowest BCUT2D eigenvalue weighted by Crippen LogP contribution is -2.37. The molecular formula is C14H32N2. The molecule has 0 amide bonds. The fraction of sp³-hybridized carbons (Fsp3) is 1.00. The molecule has 0 aliphatic rings. The first kappa shape index (κ1) is 15.9. The molecule has 0 spiro atoms. The Balaban J connectivity index is 4.00. The second kappa shape index (κ2) is 8.08. The predicted octanol–water partition coefficient (Wildman–Crippen LogP) is 2.97. The van der Waals surface area contributed by atoms with E-state index in [1.807, 2.05) is 0 Å². The van der Waals surface area contributed by atoms with Crippen LogP contribution in [-0.4, -0.2) is 30.6 Å². The van der Waals surface area contributed by atoms with Crippen LogP contribution < -0.4 is 5.73 Å². The van der Waals surface area contributed by atoms with Crippen LogP contribution in [0.25, 0.3) is 0 Å². The molecule has 0 aliphatic heterocycles. The summed E-state index contributed by atoms with van der Waals surface area (Å²) in [5.74, 6) is 2.09. The standard InChI is InChI=1S/C14H32N2/c1-11(2)9-16(10-12(3)4)8-7-14(15)13(5)6/h11-14H,7-10,15H2,1-6H3/t14-/m0/s1. The molecule has 1 atom stereocenters. The summed E-state index contributed by atoms with van der Waals surface area (Å²) in [5, 5.41) is 0. The maximum Gasteiger partial charge on any atom is 0.00740 e. The zero-order valence-corrected chi connectivity index (χ0v) is 12.2. The Bertz CT molecular complexity index is 154. The van der Waals surface area contributed by atoms with Crippen molar-refractivity contribution in [2.24, 2.45) is 23.5 Å². The van der Waals surface area contributed by atoms with E-state index in [-0.39, 0.29) is 0 Å². The second-order valence-electron chi connectivity index (χ2n) is 6.24. The van der Waals surface area contributed by atoms with Gasteiger partial charge in [-0.2, -0.15) is 0 Å². The van der Waals surface area contributed by atoms with Gasteiger partial charge in [-0.25, -0.2) is 0 Å². The van der Waals surface area contributed by atoms with E-state index >= 15 is 0 Å². The quantitative estimate of drug-likeness (QED) is 0.692. The van der Waals surface area contributed by atoms with Crippen LogP contribution in [0.5, 0.6) is 0 Å². The highest BCUT2D eigenvalue weighted by atomic mass is 15.1. The van der Waals surface area contributed by atoms with Gasteiger partial charge >= 0.3 is 0 Å². The molecule has 0 aromatic rings. The number of nitrogens with two attached hydrogens (primary N) is 1. The van der Waals surface area contributed by atoms with Crippen molar-refractivity contribution in [2.45, 2.75) is 54.0 Å². The van der Waals surface area contributed by atoms with Crippen molar-refractivity contribution in [3.8, 4) is 0 Å². The zero-order chi connectivity index (χ0) is 12.7. The minimum atomic E-state index is 0.349. The highest BCUT2D eigenvalue weighted by Gasteiger charge is 2.13. The van der Waals surface area contributed by atoms with E-state index in [4.69, 9.17) is 5.73 Å². The third kappa shape index (κ3) is 8.12. The first-order valence-electron chi connectivity index (χ1n) is 6.80. The van der Waals surface area contributed by atoms with E-state index in [1.54, 1.807) is 0 Å². The van der Waals surface area contributed by atoms with Gasteiger partial charge in [-0.3, -0.25) is 0 Å². The molecule has 2 nitrogen and oxygen atoms in total. The van der Waals surface area contributed by atoms with Gasteiger partial charge in [-0.05, 0) is 30.7 Å². The summed E-state index contributed by atoms with van der Waals surface area (Å²) in [5.41, 5.74) is 6.10. The summed E-state index contributed by atoms with van der Waals surface area (Å²) in [6, 6.07) is 0.349. The van der Waals surface area contributed by atoms with Gasteiger partial charge < -0.3 is 10.6 Å². The van der Waals surface area contributed by atoms with Crippen LogP contribution >= 0.6 is 0 Å². The van der Waals surface area contributed by atoms with Crippen molar-refractivity contribution in [3.63, 3.8) is 0 Å². The summed E-state index contributed by atoms with van der Waals surface area (Å²) in [7, 11) is 0. The highest BCUT2D eigenvalue weighted by molar-refractivity contribution is 4.70. The minimum absolute atomic E-state index is 0.349. The fourth-order valence-electron chi connectivity index (χ4n) is 1.95. The molecule has 98 valence electrons. The molecule has 0 saturated carbocycles. The lowest BCUT2D eigenvalue weighted by atomic mass is 10.0. The maximum atomic E-state index is 6.10. The van der Waals surface area contributed by atoms with Gasteiger partial charge in [0.1, 0.15) is 0 Å². The SMILES string of the molecule is CC(C)CN(CC[C@H](N)C(C)C)CC(C)C. The van der Waals surface area contributed by atoms with Crippen LogP contribution in [0, 0.1) is 17.8 Å². The number of nitrogens with zero attached hydrogens (tertiary/aromatic N) is 1. The summed E-state index contributed by atoms with van der Waals surface area (Å²) in [6.45, 7) is 17.1. The first-order chi connectivity index (χ1) is 7.32. The normalized spacial score (nSPS) is 14.4. The Labute approximate surface area is 103 Å². The van der Waals surface area contributed by atoms with Crippen molar-refractivity contribution in [3.05, 3.63) is 0 Å². The van der Waals surface area contributed by atoms with Crippen LogP contribution in [0.2, 0.25) is 0 Å². The van der Waals surface area contributed by atoms with E-state index in [9.17, 15) is 0 Å². The van der Waals surface area contributed by atoms with E-state index in [0.717, 1.165) is 24.8 Å². The summed E-state index contributed by atoms with van der Waals surface area (Å²) in [6.07, 6.45) is 1.12. The minimum Gasteiger partial charge on any atom is -0.327 e. The van der Waals surface area contributed by atoms with Crippen LogP contribution in [0.15, 0.2) is 0 Å². The van der Waals surface area contributed by atoms with Gasteiger partial charge in [0.05, 0.1) is 0 Å². The molecular weight excluding hydrogens is 196 g/mol. The molecule has 0 fully saturated rings. The molecule has 0 radical (unpaired) electrons. The van der Waals surface area contributed by atoms with E-state index in [1.165, 1.54) is 13.1 Å². The zero-order valence-electron chi connectivity index (χ0n) is 12.2. The lowest BCUT2D eigenvalue weighted by Gasteiger charge is -2.28. The molecule has 16 heavy (non-hydrogen) atoms. The third-order valence-corrected chi connectivity index (χ3v) is 2.88. The van der Waals surface area contributed by atoms with E-state index in [2.05, 4.69) is 46.4 Å². The van der Waals surface area contributed by atoms with E-state index in [0.29, 0.717) is 12.0 Å². The van der Waals surface area contributed by atoms with Crippen LogP contribution in [0.3, 0.4) is 0 Å². The molecule has 0 heterocycles. The second-order valence-corrected chi connectivity index (χ2v) is 6.24. The number of rotatable bonds is 8. The molecule has 0 aromatic heterocycles. The van der Waals surface area contributed by atoms with Gasteiger partial charge in [0.25, 0.3) is 0 Å². The van der Waals surface area contributed by atoms with Gasteiger partial charge in [0.2, 0.25) is 0 Å². The topological polar surface area (TPSA) is 29.3 Å². The van der Waals surface area contributed by atoms with Gasteiger partial charge in [-0.1, -0.05) is 41.5 Å². The predicted molar refractivity (Wildman–Crippen MR) is 73.5 cm³/mol. The summed E-state index contributed by atoms with van der Waals surface area (Å²) >= 11 is 0. The molecule has 0 unspecified atom stereocenters. The molecule has 2 N–H and O–H groups in total. The molecule has 0 aromatic carbocycles. The number of hydrogen-bond donors (Lipinski definition) is 1. The average molecular weight is 228 g/mol. The molecule has 0 rings (SSSR count). The smallest absolute Gasteiger partial charge is 0.00740 e. The van der Waals surface area contributed by atoms with Gasteiger partial charge in [0, 0.05) is 19.1 Å². The fourth-order valence-corrected chi connectivity index (χ4v) is 1.95. The largest absolute Gasteiger partial charge is 0.327 e. The molecule has 0 saturated heterocycles. The molecule has 0 bridgehead atoms. The lowest BCUT2D eigenvalue weighted by molar-refractivity contribution is 0.207. The van der Waals surface area contributed by atoms with Crippen molar-refractivity contribution in [2.75, 3.05) is 19.6 Å².